The zero-order valence-corrected chi connectivity index (χ0v) is 17.8. The number of thiazole rings is 1. The smallest absolute Gasteiger partial charge is 0.325 e. The average Bonchev–Trinajstić information content (AvgIpc) is 3.53. The van der Waals surface area contributed by atoms with Crippen molar-refractivity contribution < 1.29 is 14.4 Å². The number of rotatable bonds is 6. The largest absolute Gasteiger partial charge is 0.360 e. The molecule has 1 aliphatic carbocycles. The molecule has 5 rings (SSSR count). The summed E-state index contributed by atoms with van der Waals surface area (Å²) in [6, 6.07) is 7.66. The molecular formula is C22H23N5O3S. The van der Waals surface area contributed by atoms with Gasteiger partial charge in [-0.05, 0) is 25.3 Å². The van der Waals surface area contributed by atoms with E-state index >= 15 is 0 Å². The second kappa shape index (κ2) is 7.81. The van der Waals surface area contributed by atoms with Crippen LogP contribution in [-0.2, 0) is 9.59 Å². The number of para-hydroxylation sites is 1. The number of urea groups is 1. The van der Waals surface area contributed by atoms with E-state index in [1.807, 2.05) is 35.8 Å². The summed E-state index contributed by atoms with van der Waals surface area (Å²) >= 11 is 1.37. The molecule has 1 saturated heterocycles. The van der Waals surface area contributed by atoms with Gasteiger partial charge in [0, 0.05) is 41.0 Å². The maximum absolute atomic E-state index is 12.6. The van der Waals surface area contributed by atoms with E-state index in [0.717, 1.165) is 35.0 Å². The number of aromatic amines is 1. The minimum absolute atomic E-state index is 0.140. The van der Waals surface area contributed by atoms with E-state index < -0.39 is 5.54 Å². The predicted octanol–water partition coefficient (Wildman–Crippen LogP) is 3.87. The van der Waals surface area contributed by atoms with Crippen LogP contribution in [0.2, 0.25) is 0 Å². The van der Waals surface area contributed by atoms with E-state index in [1.54, 1.807) is 0 Å². The molecule has 0 unspecified atom stereocenters. The Labute approximate surface area is 183 Å². The summed E-state index contributed by atoms with van der Waals surface area (Å²) in [5, 5.41) is 9.22. The first-order valence-electron chi connectivity index (χ1n) is 10.5. The first kappa shape index (κ1) is 19.7. The van der Waals surface area contributed by atoms with Crippen LogP contribution in [0.25, 0.3) is 22.2 Å². The lowest BCUT2D eigenvalue weighted by Gasteiger charge is -2.19. The Morgan fingerprint density at radius 1 is 1.23 bits per heavy atom. The molecule has 1 aromatic carbocycles. The predicted molar refractivity (Wildman–Crippen MR) is 119 cm³/mol. The maximum atomic E-state index is 12.6. The second-order valence-electron chi connectivity index (χ2n) is 8.11. The minimum Gasteiger partial charge on any atom is -0.360 e. The molecule has 160 valence electrons. The van der Waals surface area contributed by atoms with Crippen LogP contribution in [-0.4, -0.2) is 44.8 Å². The van der Waals surface area contributed by atoms with Crippen molar-refractivity contribution in [2.24, 2.45) is 0 Å². The zero-order chi connectivity index (χ0) is 21.4. The Hall–Kier alpha value is -3.20. The van der Waals surface area contributed by atoms with Crippen molar-refractivity contribution in [3.63, 3.8) is 0 Å². The number of hydrogen-bond acceptors (Lipinski definition) is 5. The number of benzene rings is 1. The van der Waals surface area contributed by atoms with Crippen LogP contribution in [0.5, 0.6) is 0 Å². The van der Waals surface area contributed by atoms with Crippen LogP contribution in [0.3, 0.4) is 0 Å². The van der Waals surface area contributed by atoms with Crippen molar-refractivity contribution in [3.8, 4) is 11.3 Å². The molecule has 2 aliphatic rings. The van der Waals surface area contributed by atoms with Crippen LogP contribution in [0.4, 0.5) is 9.93 Å². The molecule has 1 aliphatic heterocycles. The van der Waals surface area contributed by atoms with Crippen molar-refractivity contribution >= 4 is 45.2 Å². The second-order valence-corrected chi connectivity index (χ2v) is 8.97. The summed E-state index contributed by atoms with van der Waals surface area (Å²) in [5.41, 5.74) is 2.14. The number of amides is 4. The fraction of sp³-hybridized carbons (Fsp3) is 0.364. The molecule has 1 spiro atoms. The third-order valence-corrected chi connectivity index (χ3v) is 6.86. The van der Waals surface area contributed by atoms with Crippen LogP contribution in [0, 0.1) is 0 Å². The van der Waals surface area contributed by atoms with Crippen molar-refractivity contribution in [2.45, 2.75) is 44.1 Å². The summed E-state index contributed by atoms with van der Waals surface area (Å²) < 4.78 is 0. The van der Waals surface area contributed by atoms with Gasteiger partial charge in [-0.2, -0.15) is 0 Å². The molecule has 0 atom stereocenters. The Morgan fingerprint density at radius 2 is 2.03 bits per heavy atom. The summed E-state index contributed by atoms with van der Waals surface area (Å²) in [6.45, 7) is 0.248. The van der Waals surface area contributed by atoms with Crippen molar-refractivity contribution in [3.05, 3.63) is 35.8 Å². The molecule has 4 amide bonds. The number of nitrogens with zero attached hydrogens (tertiary/aromatic N) is 2. The third-order valence-electron chi connectivity index (χ3n) is 6.10. The molecule has 2 fully saturated rings. The van der Waals surface area contributed by atoms with Gasteiger partial charge in [0.05, 0.1) is 5.69 Å². The first-order chi connectivity index (χ1) is 15.1. The lowest BCUT2D eigenvalue weighted by Crippen LogP contribution is -2.44. The fourth-order valence-corrected chi connectivity index (χ4v) is 5.24. The van der Waals surface area contributed by atoms with Crippen LogP contribution in [0.1, 0.15) is 38.5 Å². The molecule has 3 heterocycles. The molecule has 0 bridgehead atoms. The topological polar surface area (TPSA) is 107 Å². The number of carbonyl (C=O) groups is 3. The molecule has 3 aromatic rings. The Balaban J connectivity index is 1.16. The summed E-state index contributed by atoms with van der Waals surface area (Å²) in [5.74, 6) is -0.318. The van der Waals surface area contributed by atoms with Gasteiger partial charge >= 0.3 is 6.03 Å². The lowest BCUT2D eigenvalue weighted by molar-refractivity contribution is -0.131. The monoisotopic (exact) mass is 437 g/mol. The first-order valence-corrected chi connectivity index (χ1v) is 11.4. The summed E-state index contributed by atoms with van der Waals surface area (Å²) in [6.07, 6.45) is 5.87. The molecule has 2 aromatic heterocycles. The third kappa shape index (κ3) is 3.59. The Kier molecular flexibility index (Phi) is 4.97. The zero-order valence-electron chi connectivity index (χ0n) is 16.9. The van der Waals surface area contributed by atoms with Gasteiger partial charge in [-0.25, -0.2) is 9.78 Å². The SMILES string of the molecule is O=C(CCCN1C(=O)NC2(CCCC2)C1=O)Nc1nc(-c2c[nH]c3ccccc23)cs1. The van der Waals surface area contributed by atoms with E-state index in [4.69, 9.17) is 0 Å². The maximum Gasteiger partial charge on any atom is 0.325 e. The van der Waals surface area contributed by atoms with Crippen molar-refractivity contribution in [2.75, 3.05) is 11.9 Å². The van der Waals surface area contributed by atoms with Crippen molar-refractivity contribution in [1.29, 1.82) is 0 Å². The molecule has 1 saturated carbocycles. The van der Waals surface area contributed by atoms with Gasteiger partial charge in [-0.3, -0.25) is 14.5 Å². The highest BCUT2D eigenvalue weighted by molar-refractivity contribution is 7.14. The minimum atomic E-state index is -0.695. The highest BCUT2D eigenvalue weighted by Gasteiger charge is 2.52. The molecule has 0 radical (unpaired) electrons. The molecule has 3 N–H and O–H groups in total. The summed E-state index contributed by atoms with van der Waals surface area (Å²) in [4.78, 5) is 46.2. The number of hydrogen-bond donors (Lipinski definition) is 3. The van der Waals surface area contributed by atoms with Gasteiger partial charge in [-0.15, -0.1) is 11.3 Å². The van der Waals surface area contributed by atoms with Crippen molar-refractivity contribution in [1.82, 2.24) is 20.2 Å². The van der Waals surface area contributed by atoms with Crippen LogP contribution in [0.15, 0.2) is 35.8 Å². The van der Waals surface area contributed by atoms with Gasteiger partial charge in [0.15, 0.2) is 5.13 Å². The molecule has 31 heavy (non-hydrogen) atoms. The average molecular weight is 438 g/mol. The van der Waals surface area contributed by atoms with E-state index in [1.165, 1.54) is 16.2 Å². The van der Waals surface area contributed by atoms with Gasteiger partial charge in [0.1, 0.15) is 5.54 Å². The van der Waals surface area contributed by atoms with E-state index in [9.17, 15) is 14.4 Å². The fourth-order valence-electron chi connectivity index (χ4n) is 4.51. The number of imide groups is 1. The standard InChI is InChI=1S/C22H23N5O3S/c28-18(8-5-11-27-19(29)22(26-21(27)30)9-3-4-10-22)25-20-24-17(13-31-20)15-12-23-16-7-2-1-6-14(15)16/h1-2,6-7,12-13,23H,3-5,8-11H2,(H,26,30)(H,24,25,28). The van der Waals surface area contributed by atoms with Crippen LogP contribution < -0.4 is 10.6 Å². The molecular weight excluding hydrogens is 414 g/mol. The summed E-state index contributed by atoms with van der Waals surface area (Å²) in [7, 11) is 0. The number of H-pyrrole nitrogens is 1. The highest BCUT2D eigenvalue weighted by atomic mass is 32.1. The number of nitrogens with one attached hydrogen (secondary N) is 3. The van der Waals surface area contributed by atoms with Crippen LogP contribution >= 0.6 is 11.3 Å². The Morgan fingerprint density at radius 3 is 2.87 bits per heavy atom. The van der Waals surface area contributed by atoms with Gasteiger partial charge in [0.25, 0.3) is 5.91 Å². The lowest BCUT2D eigenvalue weighted by atomic mass is 9.98. The van der Waals surface area contributed by atoms with Gasteiger partial charge in [-0.1, -0.05) is 31.0 Å². The number of aromatic nitrogens is 2. The molecule has 8 nitrogen and oxygen atoms in total. The van der Waals surface area contributed by atoms with Gasteiger partial charge in [0.2, 0.25) is 5.91 Å². The van der Waals surface area contributed by atoms with Gasteiger partial charge < -0.3 is 15.6 Å². The number of fused-ring (bicyclic) bond motifs is 1. The Bertz CT molecular complexity index is 1160. The molecule has 9 heteroatoms. The quantitative estimate of drug-likeness (QED) is 0.509. The van der Waals surface area contributed by atoms with E-state index in [2.05, 4.69) is 20.6 Å². The van der Waals surface area contributed by atoms with E-state index in [0.29, 0.717) is 24.4 Å². The highest BCUT2D eigenvalue weighted by Crippen LogP contribution is 2.35. The van der Waals surface area contributed by atoms with E-state index in [-0.39, 0.29) is 30.8 Å². The number of anilines is 1. The number of carbonyl (C=O) groups excluding carboxylic acids is 3. The normalized spacial score (nSPS) is 17.6.